The Morgan fingerprint density at radius 2 is 2.03 bits per heavy atom. The first-order valence-electron chi connectivity index (χ1n) is 10.2. The Hall–Kier alpha value is -2.51. The summed E-state index contributed by atoms with van der Waals surface area (Å²) in [6.45, 7) is 6.23. The molecule has 0 bridgehead atoms. The summed E-state index contributed by atoms with van der Waals surface area (Å²) in [5.74, 6) is 1.17. The third-order valence-corrected chi connectivity index (χ3v) is 5.77. The SMILES string of the molecule is Cc1cc(C)cc(NC(=O)C2CCCN(Cc3nc(-c4cccc(Br)c4)no3)C2)c1. The average Bonchev–Trinajstić information content (AvgIpc) is 3.16. The molecule has 0 radical (unpaired) electrons. The fourth-order valence-corrected chi connectivity index (χ4v) is 4.36. The van der Waals surface area contributed by atoms with E-state index in [1.807, 2.05) is 50.2 Å². The van der Waals surface area contributed by atoms with E-state index in [-0.39, 0.29) is 11.8 Å². The van der Waals surface area contributed by atoms with E-state index < -0.39 is 0 Å². The van der Waals surface area contributed by atoms with E-state index in [1.54, 1.807) is 0 Å². The molecule has 0 spiro atoms. The van der Waals surface area contributed by atoms with Gasteiger partial charge in [-0.15, -0.1) is 0 Å². The third kappa shape index (κ3) is 5.15. The molecule has 1 unspecified atom stereocenters. The number of aromatic nitrogens is 2. The molecule has 3 aromatic rings. The fraction of sp³-hybridized carbons (Fsp3) is 0.348. The molecule has 1 aliphatic heterocycles. The van der Waals surface area contributed by atoms with Gasteiger partial charge in [-0.2, -0.15) is 4.98 Å². The van der Waals surface area contributed by atoms with Crippen LogP contribution in [0.4, 0.5) is 5.69 Å². The van der Waals surface area contributed by atoms with E-state index in [2.05, 4.69) is 42.4 Å². The van der Waals surface area contributed by atoms with Crippen LogP contribution in [0.3, 0.4) is 0 Å². The highest BCUT2D eigenvalue weighted by Gasteiger charge is 2.27. The van der Waals surface area contributed by atoms with Gasteiger partial charge in [0.1, 0.15) is 0 Å². The zero-order chi connectivity index (χ0) is 21.1. The minimum Gasteiger partial charge on any atom is -0.338 e. The molecule has 0 saturated carbocycles. The lowest BCUT2D eigenvalue weighted by Crippen LogP contribution is -2.40. The van der Waals surface area contributed by atoms with Crippen LogP contribution in [-0.2, 0) is 11.3 Å². The molecule has 4 rings (SSSR count). The van der Waals surface area contributed by atoms with Crippen molar-refractivity contribution in [2.75, 3.05) is 18.4 Å². The first-order valence-corrected chi connectivity index (χ1v) is 11.0. The Morgan fingerprint density at radius 3 is 2.80 bits per heavy atom. The number of hydrogen-bond acceptors (Lipinski definition) is 5. The number of anilines is 1. The number of halogens is 1. The Morgan fingerprint density at radius 1 is 1.23 bits per heavy atom. The minimum absolute atomic E-state index is 0.0490. The van der Waals surface area contributed by atoms with E-state index in [9.17, 15) is 4.79 Å². The van der Waals surface area contributed by atoms with Crippen LogP contribution in [-0.4, -0.2) is 34.0 Å². The predicted octanol–water partition coefficient (Wildman–Crippen LogP) is 4.97. The Balaban J connectivity index is 1.38. The van der Waals surface area contributed by atoms with Crippen molar-refractivity contribution in [3.63, 3.8) is 0 Å². The topological polar surface area (TPSA) is 71.3 Å². The Bertz CT molecular complexity index is 1030. The van der Waals surface area contributed by atoms with Crippen molar-refractivity contribution in [3.8, 4) is 11.4 Å². The van der Waals surface area contributed by atoms with Gasteiger partial charge in [0.05, 0.1) is 12.5 Å². The van der Waals surface area contributed by atoms with Gasteiger partial charge in [0.15, 0.2) is 0 Å². The summed E-state index contributed by atoms with van der Waals surface area (Å²) >= 11 is 3.47. The summed E-state index contributed by atoms with van der Waals surface area (Å²) in [6, 6.07) is 13.9. The summed E-state index contributed by atoms with van der Waals surface area (Å²) in [6.07, 6.45) is 1.86. The molecule has 1 aromatic heterocycles. The number of carbonyl (C=O) groups excluding carboxylic acids is 1. The second-order valence-electron chi connectivity index (χ2n) is 7.96. The molecule has 1 atom stereocenters. The molecular formula is C23H25BrN4O2. The van der Waals surface area contributed by atoms with Gasteiger partial charge in [0.25, 0.3) is 0 Å². The van der Waals surface area contributed by atoms with Gasteiger partial charge < -0.3 is 9.84 Å². The van der Waals surface area contributed by atoms with Gasteiger partial charge in [0, 0.05) is 22.3 Å². The molecular weight excluding hydrogens is 444 g/mol. The fourth-order valence-electron chi connectivity index (χ4n) is 3.96. The van der Waals surface area contributed by atoms with Gasteiger partial charge in [-0.1, -0.05) is 39.3 Å². The summed E-state index contributed by atoms with van der Waals surface area (Å²) < 4.78 is 6.43. The minimum atomic E-state index is -0.0490. The number of nitrogens with one attached hydrogen (secondary N) is 1. The normalized spacial score (nSPS) is 17.1. The highest BCUT2D eigenvalue weighted by atomic mass is 79.9. The van der Waals surface area contributed by atoms with Gasteiger partial charge in [0.2, 0.25) is 17.6 Å². The number of benzene rings is 2. The molecule has 1 amide bonds. The lowest BCUT2D eigenvalue weighted by atomic mass is 9.97. The first-order chi connectivity index (χ1) is 14.5. The first kappa shape index (κ1) is 20.8. The molecule has 1 fully saturated rings. The predicted molar refractivity (Wildman–Crippen MR) is 120 cm³/mol. The van der Waals surface area contributed by atoms with Crippen molar-refractivity contribution in [2.45, 2.75) is 33.2 Å². The standard InChI is InChI=1S/C23H25BrN4O2/c1-15-9-16(2)11-20(10-15)25-23(29)18-6-4-8-28(13-18)14-21-26-22(27-30-21)17-5-3-7-19(24)12-17/h3,5,7,9-12,18H,4,6,8,13-14H2,1-2H3,(H,25,29). The summed E-state index contributed by atoms with van der Waals surface area (Å²) in [7, 11) is 0. The highest BCUT2D eigenvalue weighted by molar-refractivity contribution is 9.10. The average molecular weight is 469 g/mol. The summed E-state index contributed by atoms with van der Waals surface area (Å²) in [5, 5.41) is 7.19. The Labute approximate surface area is 184 Å². The number of nitrogens with zero attached hydrogens (tertiary/aromatic N) is 3. The number of aryl methyl sites for hydroxylation is 2. The van der Waals surface area contributed by atoms with Crippen LogP contribution in [0, 0.1) is 19.8 Å². The van der Waals surface area contributed by atoms with E-state index in [0.717, 1.165) is 46.2 Å². The number of likely N-dealkylation sites (tertiary alicyclic amines) is 1. The monoisotopic (exact) mass is 468 g/mol. The summed E-state index contributed by atoms with van der Waals surface area (Å²) in [5.41, 5.74) is 4.07. The van der Waals surface area contributed by atoms with E-state index >= 15 is 0 Å². The number of piperidine rings is 1. The lowest BCUT2D eigenvalue weighted by molar-refractivity contribution is -0.121. The molecule has 1 aliphatic rings. The Kier molecular flexibility index (Phi) is 6.29. The number of rotatable bonds is 5. The van der Waals surface area contributed by atoms with Gasteiger partial charge >= 0.3 is 0 Å². The molecule has 2 aromatic carbocycles. The van der Waals surface area contributed by atoms with Crippen LogP contribution >= 0.6 is 15.9 Å². The van der Waals surface area contributed by atoms with E-state index in [4.69, 9.17) is 4.52 Å². The molecule has 0 aliphatic carbocycles. The van der Waals surface area contributed by atoms with E-state index in [1.165, 1.54) is 0 Å². The number of hydrogen-bond donors (Lipinski definition) is 1. The highest BCUT2D eigenvalue weighted by Crippen LogP contribution is 2.23. The maximum atomic E-state index is 12.8. The lowest BCUT2D eigenvalue weighted by Gasteiger charge is -2.30. The maximum absolute atomic E-state index is 12.8. The van der Waals surface area contributed by atoms with Crippen molar-refractivity contribution >= 4 is 27.5 Å². The van der Waals surface area contributed by atoms with Gasteiger partial charge in [-0.3, -0.25) is 9.69 Å². The molecule has 7 heteroatoms. The van der Waals surface area contributed by atoms with Crippen LogP contribution in [0.1, 0.15) is 29.9 Å². The van der Waals surface area contributed by atoms with Crippen LogP contribution in [0.25, 0.3) is 11.4 Å². The van der Waals surface area contributed by atoms with Crippen LogP contribution in [0.5, 0.6) is 0 Å². The van der Waals surface area contributed by atoms with Crippen molar-refractivity contribution in [3.05, 3.63) is 64.0 Å². The van der Waals surface area contributed by atoms with Crippen LogP contribution < -0.4 is 5.32 Å². The zero-order valence-electron chi connectivity index (χ0n) is 17.2. The molecule has 2 heterocycles. The zero-order valence-corrected chi connectivity index (χ0v) is 18.8. The van der Waals surface area contributed by atoms with Crippen LogP contribution in [0.2, 0.25) is 0 Å². The van der Waals surface area contributed by atoms with Crippen molar-refractivity contribution in [1.29, 1.82) is 0 Å². The summed E-state index contributed by atoms with van der Waals surface area (Å²) in [4.78, 5) is 19.6. The van der Waals surface area contributed by atoms with Gasteiger partial charge in [-0.25, -0.2) is 0 Å². The van der Waals surface area contributed by atoms with Crippen molar-refractivity contribution < 1.29 is 9.32 Å². The van der Waals surface area contributed by atoms with Crippen LogP contribution in [0.15, 0.2) is 51.5 Å². The molecule has 156 valence electrons. The smallest absolute Gasteiger partial charge is 0.241 e. The van der Waals surface area contributed by atoms with Crippen molar-refractivity contribution in [2.24, 2.45) is 5.92 Å². The second-order valence-corrected chi connectivity index (χ2v) is 8.88. The number of amides is 1. The molecule has 30 heavy (non-hydrogen) atoms. The third-order valence-electron chi connectivity index (χ3n) is 5.28. The quantitative estimate of drug-likeness (QED) is 0.572. The molecule has 6 nitrogen and oxygen atoms in total. The van der Waals surface area contributed by atoms with Gasteiger partial charge in [-0.05, 0) is 68.6 Å². The van der Waals surface area contributed by atoms with E-state index in [0.29, 0.717) is 24.8 Å². The largest absolute Gasteiger partial charge is 0.338 e. The van der Waals surface area contributed by atoms with Crippen molar-refractivity contribution in [1.82, 2.24) is 15.0 Å². The second kappa shape index (κ2) is 9.10. The molecule has 1 saturated heterocycles. The molecule has 1 N–H and O–H groups in total. The number of carbonyl (C=O) groups is 1. The maximum Gasteiger partial charge on any atom is 0.241 e.